The molecule has 3 rings (SSSR count). The van der Waals surface area contributed by atoms with E-state index >= 15 is 0 Å². The third-order valence-corrected chi connectivity index (χ3v) is 7.75. The number of sulfone groups is 1. The number of ether oxygens (including phenoxy) is 1. The lowest BCUT2D eigenvalue weighted by atomic mass is 10.0. The molecule has 0 N–H and O–H groups in total. The molecule has 1 saturated heterocycles. The zero-order valence-corrected chi connectivity index (χ0v) is 17.4. The van der Waals surface area contributed by atoms with E-state index < -0.39 is 25.8 Å². The van der Waals surface area contributed by atoms with Crippen molar-refractivity contribution < 1.29 is 26.4 Å². The van der Waals surface area contributed by atoms with Gasteiger partial charge in [0, 0.05) is 18.7 Å². The van der Waals surface area contributed by atoms with Gasteiger partial charge in [0.05, 0.1) is 29.0 Å². The van der Waals surface area contributed by atoms with Gasteiger partial charge in [0.1, 0.15) is 0 Å². The molecule has 1 aliphatic heterocycles. The highest BCUT2D eigenvalue weighted by Crippen LogP contribution is 2.37. The number of anilines is 1. The molecule has 1 aliphatic rings. The summed E-state index contributed by atoms with van der Waals surface area (Å²) in [6.07, 6.45) is 0.986. The second-order valence-electron chi connectivity index (χ2n) is 6.82. The van der Waals surface area contributed by atoms with Gasteiger partial charge in [0.15, 0.2) is 9.84 Å². The Kier molecular flexibility index (Phi) is 5.24. The summed E-state index contributed by atoms with van der Waals surface area (Å²) in [5, 5.41) is 0. The monoisotopic (exact) mass is 423 g/mol. The van der Waals surface area contributed by atoms with Crippen LogP contribution in [0.3, 0.4) is 0 Å². The summed E-state index contributed by atoms with van der Waals surface area (Å²) >= 11 is 0. The van der Waals surface area contributed by atoms with Crippen molar-refractivity contribution in [1.29, 1.82) is 0 Å². The van der Waals surface area contributed by atoms with Crippen molar-refractivity contribution in [2.45, 2.75) is 17.7 Å². The molecule has 0 aliphatic carbocycles. The highest BCUT2D eigenvalue weighted by Gasteiger charge is 2.39. The minimum absolute atomic E-state index is 0.0612. The Balaban J connectivity index is 2.14. The molecule has 0 bridgehead atoms. The molecule has 7 nitrogen and oxygen atoms in total. The van der Waals surface area contributed by atoms with Crippen molar-refractivity contribution in [3.8, 4) is 0 Å². The number of carbonyl (C=O) groups is 1. The predicted octanol–water partition coefficient (Wildman–Crippen LogP) is 2.12. The first kappa shape index (κ1) is 20.3. The fourth-order valence-electron chi connectivity index (χ4n) is 3.38. The van der Waals surface area contributed by atoms with Gasteiger partial charge in [-0.3, -0.25) is 4.31 Å². The van der Waals surface area contributed by atoms with E-state index in [-0.39, 0.29) is 34.4 Å². The Morgan fingerprint density at radius 2 is 1.82 bits per heavy atom. The number of hydrogen-bond acceptors (Lipinski definition) is 6. The molecule has 28 heavy (non-hydrogen) atoms. The topological polar surface area (TPSA) is 97.8 Å². The van der Waals surface area contributed by atoms with Crippen LogP contribution in [-0.4, -0.2) is 48.5 Å². The molecule has 150 valence electrons. The average Bonchev–Trinajstić information content (AvgIpc) is 2.95. The molecule has 1 unspecified atom stereocenters. The Bertz CT molecular complexity index is 1120. The zero-order chi connectivity index (χ0) is 20.7. The predicted molar refractivity (Wildman–Crippen MR) is 106 cm³/mol. The number of methoxy groups -OCH3 is 1. The molecule has 2 aromatic rings. The van der Waals surface area contributed by atoms with Gasteiger partial charge >= 0.3 is 5.97 Å². The molecule has 0 radical (unpaired) electrons. The molecule has 0 amide bonds. The fourth-order valence-corrected chi connectivity index (χ4v) is 6.16. The van der Waals surface area contributed by atoms with E-state index in [0.717, 1.165) is 16.1 Å². The largest absolute Gasteiger partial charge is 0.465 e. The van der Waals surface area contributed by atoms with Gasteiger partial charge in [-0.1, -0.05) is 30.3 Å². The maximum absolute atomic E-state index is 12.9. The summed E-state index contributed by atoms with van der Waals surface area (Å²) in [6, 6.07) is 11.8. The lowest BCUT2D eigenvalue weighted by Crippen LogP contribution is -2.27. The molecule has 1 heterocycles. The summed E-state index contributed by atoms with van der Waals surface area (Å²) in [5.41, 5.74) is 1.46. The number of nitrogens with zero attached hydrogens (tertiary/aromatic N) is 1. The van der Waals surface area contributed by atoms with E-state index in [2.05, 4.69) is 0 Å². The molecule has 0 aromatic heterocycles. The van der Waals surface area contributed by atoms with Crippen molar-refractivity contribution in [2.75, 3.05) is 30.0 Å². The smallest absolute Gasteiger partial charge is 0.338 e. The van der Waals surface area contributed by atoms with Crippen LogP contribution in [0.1, 0.15) is 27.4 Å². The summed E-state index contributed by atoms with van der Waals surface area (Å²) in [4.78, 5) is 11.7. The van der Waals surface area contributed by atoms with Gasteiger partial charge < -0.3 is 4.74 Å². The highest BCUT2D eigenvalue weighted by molar-refractivity contribution is 7.93. The fraction of sp³-hybridized carbons (Fsp3) is 0.316. The first-order valence-electron chi connectivity index (χ1n) is 8.53. The number of hydrogen-bond donors (Lipinski definition) is 0. The number of esters is 1. The molecule has 1 atom stereocenters. The summed E-state index contributed by atoms with van der Waals surface area (Å²) in [7, 11) is -6.32. The summed E-state index contributed by atoms with van der Waals surface area (Å²) < 4.78 is 56.3. The third-order valence-electron chi connectivity index (χ3n) is 4.78. The Labute approximate surface area is 164 Å². The third kappa shape index (κ3) is 3.77. The van der Waals surface area contributed by atoms with Crippen molar-refractivity contribution in [2.24, 2.45) is 0 Å². The van der Waals surface area contributed by atoms with E-state index in [0.29, 0.717) is 5.56 Å². The molecule has 2 aromatic carbocycles. The van der Waals surface area contributed by atoms with E-state index in [4.69, 9.17) is 4.74 Å². The Morgan fingerprint density at radius 3 is 2.39 bits per heavy atom. The molecular formula is C19H21NO6S2. The van der Waals surface area contributed by atoms with Crippen LogP contribution >= 0.6 is 0 Å². The second kappa shape index (κ2) is 7.21. The molecule has 0 spiro atoms. The lowest BCUT2D eigenvalue weighted by Gasteiger charge is -2.22. The SMILES string of the molecule is COC(=O)c1cc(S(C)(=O)=O)c(N2CC(c3ccccc3)CS2(=O)=O)cc1C. The minimum Gasteiger partial charge on any atom is -0.465 e. The van der Waals surface area contributed by atoms with Crippen molar-refractivity contribution >= 4 is 31.5 Å². The van der Waals surface area contributed by atoms with Crippen molar-refractivity contribution in [3.05, 3.63) is 59.2 Å². The Morgan fingerprint density at radius 1 is 1.18 bits per heavy atom. The minimum atomic E-state index is -3.80. The number of aryl methyl sites for hydroxylation is 1. The van der Waals surface area contributed by atoms with Crippen LogP contribution in [0.15, 0.2) is 47.4 Å². The average molecular weight is 424 g/mol. The lowest BCUT2D eigenvalue weighted by molar-refractivity contribution is 0.0599. The highest BCUT2D eigenvalue weighted by atomic mass is 32.2. The standard InChI is InChI=1S/C19H21NO6S2/c1-13-9-17(18(27(3,22)23)10-16(13)19(21)26-2)20-11-15(12-28(20,24)25)14-7-5-4-6-8-14/h4-10,15H,11-12H2,1-3H3. The Hall–Kier alpha value is -2.39. The van der Waals surface area contributed by atoms with Crippen LogP contribution < -0.4 is 4.31 Å². The molecule has 9 heteroatoms. The number of rotatable bonds is 4. The van der Waals surface area contributed by atoms with Gasteiger partial charge in [0.2, 0.25) is 10.0 Å². The maximum atomic E-state index is 12.9. The maximum Gasteiger partial charge on any atom is 0.338 e. The van der Waals surface area contributed by atoms with Crippen LogP contribution in [-0.2, 0) is 24.6 Å². The van der Waals surface area contributed by atoms with Crippen LogP contribution in [0.4, 0.5) is 5.69 Å². The number of benzene rings is 2. The number of carbonyl (C=O) groups excluding carboxylic acids is 1. The van der Waals surface area contributed by atoms with Gasteiger partial charge in [0.25, 0.3) is 0 Å². The van der Waals surface area contributed by atoms with Crippen LogP contribution in [0.2, 0.25) is 0 Å². The molecule has 0 saturated carbocycles. The van der Waals surface area contributed by atoms with Crippen LogP contribution in [0, 0.1) is 6.92 Å². The first-order valence-corrected chi connectivity index (χ1v) is 12.0. The van der Waals surface area contributed by atoms with E-state index in [1.165, 1.54) is 19.2 Å². The van der Waals surface area contributed by atoms with E-state index in [1.807, 2.05) is 30.3 Å². The quantitative estimate of drug-likeness (QED) is 0.699. The zero-order valence-electron chi connectivity index (χ0n) is 15.7. The number of sulfonamides is 1. The van der Waals surface area contributed by atoms with Crippen LogP contribution in [0.5, 0.6) is 0 Å². The van der Waals surface area contributed by atoms with Crippen molar-refractivity contribution in [3.63, 3.8) is 0 Å². The molecule has 1 fully saturated rings. The molecular weight excluding hydrogens is 402 g/mol. The summed E-state index contributed by atoms with van der Waals surface area (Å²) in [6.45, 7) is 1.74. The normalized spacial score (nSPS) is 18.8. The van der Waals surface area contributed by atoms with Gasteiger partial charge in [-0.05, 0) is 30.2 Å². The second-order valence-corrected chi connectivity index (χ2v) is 10.7. The van der Waals surface area contributed by atoms with Crippen molar-refractivity contribution in [1.82, 2.24) is 0 Å². The van der Waals surface area contributed by atoms with Crippen LogP contribution in [0.25, 0.3) is 0 Å². The van der Waals surface area contributed by atoms with E-state index in [1.54, 1.807) is 6.92 Å². The summed E-state index contributed by atoms with van der Waals surface area (Å²) in [5.74, 6) is -1.07. The van der Waals surface area contributed by atoms with Gasteiger partial charge in [-0.2, -0.15) is 0 Å². The first-order chi connectivity index (χ1) is 13.0. The van der Waals surface area contributed by atoms with Gasteiger partial charge in [-0.25, -0.2) is 21.6 Å². The van der Waals surface area contributed by atoms with Gasteiger partial charge in [-0.15, -0.1) is 0 Å². The van der Waals surface area contributed by atoms with E-state index in [9.17, 15) is 21.6 Å².